The first-order valence-corrected chi connectivity index (χ1v) is 3.97. The van der Waals surface area contributed by atoms with Crippen LogP contribution in [0.1, 0.15) is 11.5 Å². The Labute approximate surface area is 71.2 Å². The first-order valence-electron chi connectivity index (χ1n) is 3.59. The van der Waals surface area contributed by atoms with Crippen LogP contribution in [0, 0.1) is 6.92 Å². The van der Waals surface area contributed by atoms with Crippen molar-refractivity contribution in [1.82, 2.24) is 15.3 Å². The molecule has 1 heterocycles. The van der Waals surface area contributed by atoms with Gasteiger partial charge in [0.1, 0.15) is 11.0 Å². The molecule has 0 aliphatic heterocycles. The third kappa shape index (κ3) is 2.20. The third-order valence-electron chi connectivity index (χ3n) is 1.47. The Hall–Kier alpha value is -0.540. The predicted octanol–water partition coefficient (Wildman–Crippen LogP) is 1.13. The highest BCUT2D eigenvalue weighted by Crippen LogP contribution is 2.11. The van der Waals surface area contributed by atoms with Crippen molar-refractivity contribution in [1.29, 1.82) is 0 Å². The molecule has 62 valence electrons. The lowest BCUT2D eigenvalue weighted by atomic mass is 10.3. The second-order valence-electron chi connectivity index (χ2n) is 2.45. The summed E-state index contributed by atoms with van der Waals surface area (Å²) in [5.74, 6) is 0.876. The number of hydrogen-bond acceptors (Lipinski definition) is 2. The number of H-pyrrole nitrogens is 1. The molecule has 1 rings (SSSR count). The van der Waals surface area contributed by atoms with Gasteiger partial charge in [-0.1, -0.05) is 11.6 Å². The number of aromatic amines is 1. The molecular formula is C7H12ClN3. The van der Waals surface area contributed by atoms with Gasteiger partial charge in [-0.3, -0.25) is 0 Å². The van der Waals surface area contributed by atoms with Crippen LogP contribution in [0.5, 0.6) is 0 Å². The first-order chi connectivity index (χ1) is 5.24. The van der Waals surface area contributed by atoms with Crippen molar-refractivity contribution >= 4 is 11.6 Å². The molecule has 0 aromatic carbocycles. The van der Waals surface area contributed by atoms with Gasteiger partial charge in [-0.05, 0) is 14.0 Å². The van der Waals surface area contributed by atoms with Crippen molar-refractivity contribution < 1.29 is 0 Å². The molecule has 0 saturated carbocycles. The third-order valence-corrected chi connectivity index (χ3v) is 1.78. The molecule has 0 aliphatic carbocycles. The summed E-state index contributed by atoms with van der Waals surface area (Å²) >= 11 is 5.81. The van der Waals surface area contributed by atoms with Crippen molar-refractivity contribution in [3.05, 3.63) is 16.7 Å². The lowest BCUT2D eigenvalue weighted by molar-refractivity contribution is 0.779. The van der Waals surface area contributed by atoms with Crippen LogP contribution in [0.25, 0.3) is 0 Å². The fourth-order valence-corrected chi connectivity index (χ4v) is 1.20. The van der Waals surface area contributed by atoms with Crippen molar-refractivity contribution in [2.45, 2.75) is 13.3 Å². The Balaban J connectivity index is 2.62. The van der Waals surface area contributed by atoms with Gasteiger partial charge in [0.2, 0.25) is 0 Å². The molecular weight excluding hydrogens is 162 g/mol. The monoisotopic (exact) mass is 173 g/mol. The van der Waals surface area contributed by atoms with Crippen LogP contribution < -0.4 is 5.32 Å². The molecule has 3 nitrogen and oxygen atoms in total. The van der Waals surface area contributed by atoms with E-state index in [-0.39, 0.29) is 0 Å². The molecule has 2 N–H and O–H groups in total. The molecule has 0 fully saturated rings. The van der Waals surface area contributed by atoms with E-state index >= 15 is 0 Å². The van der Waals surface area contributed by atoms with Crippen LogP contribution in [0.4, 0.5) is 0 Å². The molecule has 0 radical (unpaired) electrons. The van der Waals surface area contributed by atoms with Gasteiger partial charge >= 0.3 is 0 Å². The number of imidazole rings is 1. The largest absolute Gasteiger partial charge is 0.345 e. The zero-order valence-corrected chi connectivity index (χ0v) is 7.50. The molecule has 11 heavy (non-hydrogen) atoms. The summed E-state index contributed by atoms with van der Waals surface area (Å²) in [6.07, 6.45) is 0.899. The number of aryl methyl sites for hydroxylation is 1. The lowest BCUT2D eigenvalue weighted by Crippen LogP contribution is -2.10. The quantitative estimate of drug-likeness (QED) is 0.720. The number of hydrogen-bond donors (Lipinski definition) is 2. The van der Waals surface area contributed by atoms with Crippen LogP contribution in [0.3, 0.4) is 0 Å². The van der Waals surface area contributed by atoms with Gasteiger partial charge < -0.3 is 10.3 Å². The van der Waals surface area contributed by atoms with Crippen LogP contribution in [0.2, 0.25) is 5.15 Å². The molecule has 1 aromatic rings. The smallest absolute Gasteiger partial charge is 0.150 e. The maximum atomic E-state index is 5.81. The number of aromatic nitrogens is 2. The number of nitrogens with zero attached hydrogens (tertiary/aromatic N) is 1. The van der Waals surface area contributed by atoms with Crippen molar-refractivity contribution in [2.75, 3.05) is 13.6 Å². The number of likely N-dealkylation sites (N-methyl/N-ethyl adjacent to an activating group) is 1. The highest BCUT2D eigenvalue weighted by Gasteiger charge is 2.03. The minimum absolute atomic E-state index is 0.595. The summed E-state index contributed by atoms with van der Waals surface area (Å²) in [4.78, 5) is 7.14. The first kappa shape index (κ1) is 8.56. The van der Waals surface area contributed by atoms with E-state index in [4.69, 9.17) is 11.6 Å². The summed E-state index contributed by atoms with van der Waals surface area (Å²) in [5.41, 5.74) is 1.01. The van der Waals surface area contributed by atoms with Crippen molar-refractivity contribution in [3.63, 3.8) is 0 Å². The van der Waals surface area contributed by atoms with E-state index < -0.39 is 0 Å². The van der Waals surface area contributed by atoms with E-state index in [2.05, 4.69) is 15.3 Å². The molecule has 0 atom stereocenters. The second kappa shape index (κ2) is 3.74. The zero-order valence-electron chi connectivity index (χ0n) is 6.74. The minimum Gasteiger partial charge on any atom is -0.345 e. The molecule has 0 saturated heterocycles. The summed E-state index contributed by atoms with van der Waals surface area (Å²) in [7, 11) is 1.91. The van der Waals surface area contributed by atoms with Crippen LogP contribution in [0.15, 0.2) is 0 Å². The van der Waals surface area contributed by atoms with E-state index in [0.29, 0.717) is 5.15 Å². The molecule has 0 amide bonds. The number of rotatable bonds is 3. The highest BCUT2D eigenvalue weighted by molar-refractivity contribution is 6.30. The van der Waals surface area contributed by atoms with Crippen LogP contribution in [-0.4, -0.2) is 23.6 Å². The molecule has 0 bridgehead atoms. The normalized spacial score (nSPS) is 10.5. The fourth-order valence-electron chi connectivity index (χ4n) is 0.928. The maximum Gasteiger partial charge on any atom is 0.150 e. The van der Waals surface area contributed by atoms with E-state index in [0.717, 1.165) is 24.5 Å². The second-order valence-corrected chi connectivity index (χ2v) is 2.80. The Morgan fingerprint density at radius 3 is 2.82 bits per heavy atom. The highest BCUT2D eigenvalue weighted by atomic mass is 35.5. The molecule has 0 aliphatic rings. The predicted molar refractivity (Wildman–Crippen MR) is 46.0 cm³/mol. The summed E-state index contributed by atoms with van der Waals surface area (Å²) in [6, 6.07) is 0. The average Bonchev–Trinajstić information content (AvgIpc) is 2.26. The summed E-state index contributed by atoms with van der Waals surface area (Å²) < 4.78 is 0. The minimum atomic E-state index is 0.595. The Kier molecular flexibility index (Phi) is 2.91. The standard InChI is InChI=1S/C7H12ClN3/c1-5-10-6(3-4-9-2)7(8)11-5/h9H,3-4H2,1-2H3,(H,10,11). The number of halogens is 1. The Morgan fingerprint density at radius 1 is 1.64 bits per heavy atom. The Bertz CT molecular complexity index is 232. The van der Waals surface area contributed by atoms with Crippen molar-refractivity contribution in [3.8, 4) is 0 Å². The van der Waals surface area contributed by atoms with E-state index in [1.165, 1.54) is 0 Å². The van der Waals surface area contributed by atoms with Crippen LogP contribution in [-0.2, 0) is 6.42 Å². The van der Waals surface area contributed by atoms with Gasteiger partial charge in [-0.2, -0.15) is 0 Å². The van der Waals surface area contributed by atoms with E-state index in [1.54, 1.807) is 0 Å². The van der Waals surface area contributed by atoms with Gasteiger partial charge in [0.15, 0.2) is 0 Å². The van der Waals surface area contributed by atoms with E-state index in [1.807, 2.05) is 14.0 Å². The number of nitrogens with one attached hydrogen (secondary N) is 2. The van der Waals surface area contributed by atoms with Crippen molar-refractivity contribution in [2.24, 2.45) is 0 Å². The van der Waals surface area contributed by atoms with E-state index in [9.17, 15) is 0 Å². The van der Waals surface area contributed by atoms with Gasteiger partial charge in [-0.25, -0.2) is 4.98 Å². The van der Waals surface area contributed by atoms with Crippen LogP contribution >= 0.6 is 11.6 Å². The average molecular weight is 174 g/mol. The fraction of sp³-hybridized carbons (Fsp3) is 0.571. The molecule has 0 unspecified atom stereocenters. The maximum absolute atomic E-state index is 5.81. The van der Waals surface area contributed by atoms with Gasteiger partial charge in [0.25, 0.3) is 0 Å². The topological polar surface area (TPSA) is 40.7 Å². The van der Waals surface area contributed by atoms with Gasteiger partial charge in [0.05, 0.1) is 5.69 Å². The molecule has 0 spiro atoms. The Morgan fingerprint density at radius 2 is 2.36 bits per heavy atom. The summed E-state index contributed by atoms with van der Waals surface area (Å²) in [5, 5.41) is 3.64. The summed E-state index contributed by atoms with van der Waals surface area (Å²) in [6.45, 7) is 2.82. The van der Waals surface area contributed by atoms with Gasteiger partial charge in [0, 0.05) is 13.0 Å². The zero-order chi connectivity index (χ0) is 8.27. The molecule has 1 aromatic heterocycles. The lowest BCUT2D eigenvalue weighted by Gasteiger charge is -1.95. The SMILES string of the molecule is CNCCc1[nH]c(C)nc1Cl. The van der Waals surface area contributed by atoms with Gasteiger partial charge in [-0.15, -0.1) is 0 Å². The molecule has 4 heteroatoms.